The van der Waals surface area contributed by atoms with Gasteiger partial charge in [-0.1, -0.05) is 0 Å². The zero-order valence-electron chi connectivity index (χ0n) is 6.44. The van der Waals surface area contributed by atoms with Crippen molar-refractivity contribution >= 4 is 17.7 Å². The fourth-order valence-corrected chi connectivity index (χ4v) is 0.677. The van der Waals surface area contributed by atoms with Gasteiger partial charge in [0.1, 0.15) is 11.4 Å². The van der Waals surface area contributed by atoms with Crippen LogP contribution in [0.15, 0.2) is 6.20 Å². The molecule has 0 saturated carbocycles. The zero-order valence-corrected chi connectivity index (χ0v) is 6.44. The maximum atomic E-state index is 10.9. The van der Waals surface area contributed by atoms with E-state index in [1.165, 1.54) is 13.3 Å². The standard InChI is InChI=1S/C6H8N4O2/c1-12-5(11)3-2-9-6(8)10-4(3)7/h2H,1H3,(H4,7,8,9,10). The highest BCUT2D eigenvalue weighted by Gasteiger charge is 2.11. The Labute approximate surface area is 68.6 Å². The molecule has 6 nitrogen and oxygen atoms in total. The molecular formula is C6H8N4O2. The van der Waals surface area contributed by atoms with E-state index < -0.39 is 5.97 Å². The summed E-state index contributed by atoms with van der Waals surface area (Å²) in [6.07, 6.45) is 1.23. The van der Waals surface area contributed by atoms with E-state index in [9.17, 15) is 4.79 Å². The van der Waals surface area contributed by atoms with Crippen molar-refractivity contribution in [2.45, 2.75) is 0 Å². The highest BCUT2D eigenvalue weighted by atomic mass is 16.5. The second kappa shape index (κ2) is 3.04. The van der Waals surface area contributed by atoms with Crippen LogP contribution in [0.3, 0.4) is 0 Å². The van der Waals surface area contributed by atoms with Crippen LogP contribution < -0.4 is 11.5 Å². The molecule has 0 bridgehead atoms. The lowest BCUT2D eigenvalue weighted by Crippen LogP contribution is -2.09. The van der Waals surface area contributed by atoms with E-state index in [-0.39, 0.29) is 17.3 Å². The Morgan fingerprint density at radius 2 is 2.25 bits per heavy atom. The van der Waals surface area contributed by atoms with E-state index in [1.807, 2.05) is 0 Å². The van der Waals surface area contributed by atoms with Crippen LogP contribution in [0.5, 0.6) is 0 Å². The first-order valence-electron chi connectivity index (χ1n) is 3.11. The molecule has 4 N–H and O–H groups in total. The Kier molecular flexibility index (Phi) is 2.09. The molecule has 0 saturated heterocycles. The van der Waals surface area contributed by atoms with Gasteiger partial charge in [-0.3, -0.25) is 0 Å². The van der Waals surface area contributed by atoms with E-state index in [2.05, 4.69) is 14.7 Å². The van der Waals surface area contributed by atoms with Crippen LogP contribution in [0.25, 0.3) is 0 Å². The van der Waals surface area contributed by atoms with Gasteiger partial charge < -0.3 is 16.2 Å². The van der Waals surface area contributed by atoms with Gasteiger partial charge in [0.2, 0.25) is 5.95 Å². The summed E-state index contributed by atoms with van der Waals surface area (Å²) in [7, 11) is 1.25. The molecule has 0 spiro atoms. The highest BCUT2D eigenvalue weighted by molar-refractivity contribution is 5.93. The average Bonchev–Trinajstić information content (AvgIpc) is 2.03. The molecule has 0 atom stereocenters. The van der Waals surface area contributed by atoms with E-state index >= 15 is 0 Å². The SMILES string of the molecule is COC(=O)c1cnc(N)nc1N. The van der Waals surface area contributed by atoms with E-state index in [0.717, 1.165) is 0 Å². The molecule has 64 valence electrons. The van der Waals surface area contributed by atoms with Gasteiger partial charge in [0.15, 0.2) is 0 Å². The third-order valence-corrected chi connectivity index (χ3v) is 1.24. The van der Waals surface area contributed by atoms with Crippen molar-refractivity contribution in [2.75, 3.05) is 18.6 Å². The van der Waals surface area contributed by atoms with Gasteiger partial charge in [-0.2, -0.15) is 4.98 Å². The molecule has 0 amide bonds. The van der Waals surface area contributed by atoms with Crippen LogP contribution in [0.1, 0.15) is 10.4 Å². The number of carbonyl (C=O) groups excluding carboxylic acids is 1. The van der Waals surface area contributed by atoms with Crippen LogP contribution in [-0.2, 0) is 4.74 Å². The monoisotopic (exact) mass is 168 g/mol. The first-order chi connectivity index (χ1) is 5.65. The predicted octanol–water partition coefficient (Wildman–Crippen LogP) is -0.572. The molecule has 0 radical (unpaired) electrons. The fraction of sp³-hybridized carbons (Fsp3) is 0.167. The smallest absolute Gasteiger partial charge is 0.343 e. The summed E-state index contributed by atoms with van der Waals surface area (Å²) in [5.74, 6) is -0.526. The number of esters is 1. The van der Waals surface area contributed by atoms with Crippen molar-refractivity contribution < 1.29 is 9.53 Å². The quantitative estimate of drug-likeness (QED) is 0.544. The molecule has 0 aliphatic heterocycles. The average molecular weight is 168 g/mol. The van der Waals surface area contributed by atoms with E-state index in [0.29, 0.717) is 0 Å². The van der Waals surface area contributed by atoms with Gasteiger partial charge in [-0.05, 0) is 0 Å². The number of nitrogen functional groups attached to an aromatic ring is 2. The number of anilines is 2. The van der Waals surface area contributed by atoms with Crippen LogP contribution in [0, 0.1) is 0 Å². The molecule has 0 aliphatic rings. The van der Waals surface area contributed by atoms with Crippen molar-refractivity contribution in [3.8, 4) is 0 Å². The van der Waals surface area contributed by atoms with Gasteiger partial charge in [0, 0.05) is 6.20 Å². The Morgan fingerprint density at radius 3 is 2.75 bits per heavy atom. The van der Waals surface area contributed by atoms with Crippen LogP contribution in [0.2, 0.25) is 0 Å². The second-order valence-corrected chi connectivity index (χ2v) is 2.02. The number of rotatable bonds is 1. The maximum absolute atomic E-state index is 10.9. The third-order valence-electron chi connectivity index (χ3n) is 1.24. The number of nitrogens with zero attached hydrogens (tertiary/aromatic N) is 2. The fourth-order valence-electron chi connectivity index (χ4n) is 0.677. The molecule has 12 heavy (non-hydrogen) atoms. The summed E-state index contributed by atoms with van der Waals surface area (Å²) < 4.78 is 4.42. The molecule has 0 fully saturated rings. The third kappa shape index (κ3) is 1.42. The molecule has 0 aliphatic carbocycles. The van der Waals surface area contributed by atoms with Gasteiger partial charge in [0.25, 0.3) is 0 Å². The second-order valence-electron chi connectivity index (χ2n) is 2.02. The lowest BCUT2D eigenvalue weighted by molar-refractivity contribution is 0.0601. The minimum atomic E-state index is -0.576. The number of nitrogens with two attached hydrogens (primary N) is 2. The lowest BCUT2D eigenvalue weighted by atomic mass is 10.3. The molecule has 0 unspecified atom stereocenters. The lowest BCUT2D eigenvalue weighted by Gasteiger charge is -2.01. The Hall–Kier alpha value is -1.85. The zero-order chi connectivity index (χ0) is 9.14. The Morgan fingerprint density at radius 1 is 1.58 bits per heavy atom. The largest absolute Gasteiger partial charge is 0.465 e. The summed E-state index contributed by atoms with van der Waals surface area (Å²) in [6.45, 7) is 0. The summed E-state index contributed by atoms with van der Waals surface area (Å²) in [6, 6.07) is 0. The minimum absolute atomic E-state index is 0.0225. The summed E-state index contributed by atoms with van der Waals surface area (Å²) in [5.41, 5.74) is 10.7. The van der Waals surface area contributed by atoms with Crippen LogP contribution in [0.4, 0.5) is 11.8 Å². The predicted molar refractivity (Wildman–Crippen MR) is 42.2 cm³/mol. The summed E-state index contributed by atoms with van der Waals surface area (Å²) >= 11 is 0. The summed E-state index contributed by atoms with van der Waals surface area (Å²) in [5, 5.41) is 0. The maximum Gasteiger partial charge on any atom is 0.343 e. The van der Waals surface area contributed by atoms with Crippen LogP contribution in [-0.4, -0.2) is 23.0 Å². The Balaban J connectivity index is 3.09. The highest BCUT2D eigenvalue weighted by Crippen LogP contribution is 2.08. The molecule has 1 aromatic heterocycles. The molecular weight excluding hydrogens is 160 g/mol. The van der Waals surface area contributed by atoms with Gasteiger partial charge in [-0.25, -0.2) is 9.78 Å². The van der Waals surface area contributed by atoms with E-state index in [4.69, 9.17) is 11.5 Å². The summed E-state index contributed by atoms with van der Waals surface area (Å²) in [4.78, 5) is 18.1. The van der Waals surface area contributed by atoms with Crippen molar-refractivity contribution in [3.05, 3.63) is 11.8 Å². The molecule has 0 aromatic carbocycles. The molecule has 1 aromatic rings. The Bertz CT molecular complexity index is 312. The van der Waals surface area contributed by atoms with Crippen molar-refractivity contribution in [2.24, 2.45) is 0 Å². The van der Waals surface area contributed by atoms with Crippen molar-refractivity contribution in [1.82, 2.24) is 9.97 Å². The number of carbonyl (C=O) groups is 1. The van der Waals surface area contributed by atoms with Gasteiger partial charge in [-0.15, -0.1) is 0 Å². The van der Waals surface area contributed by atoms with Gasteiger partial charge >= 0.3 is 5.97 Å². The topological polar surface area (TPSA) is 104 Å². The van der Waals surface area contributed by atoms with Crippen LogP contribution >= 0.6 is 0 Å². The first-order valence-corrected chi connectivity index (χ1v) is 3.11. The molecule has 1 rings (SSSR count). The van der Waals surface area contributed by atoms with Crippen molar-refractivity contribution in [3.63, 3.8) is 0 Å². The normalized spacial score (nSPS) is 9.42. The van der Waals surface area contributed by atoms with Crippen molar-refractivity contribution in [1.29, 1.82) is 0 Å². The molecule has 1 heterocycles. The minimum Gasteiger partial charge on any atom is -0.465 e. The number of methoxy groups -OCH3 is 1. The number of hydrogen-bond acceptors (Lipinski definition) is 6. The first kappa shape index (κ1) is 8.25. The van der Waals surface area contributed by atoms with Gasteiger partial charge in [0.05, 0.1) is 7.11 Å². The van der Waals surface area contributed by atoms with E-state index in [1.54, 1.807) is 0 Å². The number of aromatic nitrogens is 2. The number of ether oxygens (including phenoxy) is 1. The molecule has 6 heteroatoms. The number of hydrogen-bond donors (Lipinski definition) is 2.